The summed E-state index contributed by atoms with van der Waals surface area (Å²) in [7, 11) is 0. The maximum atomic E-state index is 13.4. The molecular weight excluding hydrogens is 422 g/mol. The van der Waals surface area contributed by atoms with Gasteiger partial charge in [0.1, 0.15) is 0 Å². The molecule has 2 aromatic carbocycles. The van der Waals surface area contributed by atoms with Gasteiger partial charge in [0, 0.05) is 6.54 Å². The van der Waals surface area contributed by atoms with E-state index in [1.807, 2.05) is 60.7 Å². The van der Waals surface area contributed by atoms with Gasteiger partial charge in [-0.3, -0.25) is 14.0 Å². The van der Waals surface area contributed by atoms with Gasteiger partial charge in [0.25, 0.3) is 5.56 Å². The summed E-state index contributed by atoms with van der Waals surface area (Å²) < 4.78 is 3.47. The lowest BCUT2D eigenvalue weighted by Crippen LogP contribution is -2.27. The van der Waals surface area contributed by atoms with Crippen molar-refractivity contribution in [1.29, 1.82) is 0 Å². The van der Waals surface area contributed by atoms with Gasteiger partial charge < -0.3 is 5.32 Å². The van der Waals surface area contributed by atoms with Crippen LogP contribution in [0.25, 0.3) is 22.4 Å². The molecule has 2 heterocycles. The summed E-state index contributed by atoms with van der Waals surface area (Å²) in [4.78, 5) is 25.7. The molecule has 0 bridgehead atoms. The smallest absolute Gasteiger partial charge is 0.267 e. The van der Waals surface area contributed by atoms with E-state index < -0.39 is 0 Å². The molecule has 32 heavy (non-hydrogen) atoms. The zero-order valence-electron chi connectivity index (χ0n) is 18.8. The minimum atomic E-state index is -0.143. The fourth-order valence-corrected chi connectivity index (χ4v) is 4.50. The molecule has 2 aromatic heterocycles. The second-order valence-corrected chi connectivity index (χ2v) is 9.33. The van der Waals surface area contributed by atoms with Gasteiger partial charge in [-0.25, -0.2) is 4.57 Å². The van der Waals surface area contributed by atoms with Crippen LogP contribution in [0.15, 0.2) is 52.4 Å². The first-order chi connectivity index (χ1) is 15.4. The van der Waals surface area contributed by atoms with Gasteiger partial charge in [0.2, 0.25) is 11.7 Å². The van der Waals surface area contributed by atoms with Crippen molar-refractivity contribution < 1.29 is 4.79 Å². The Morgan fingerprint density at radius 1 is 1.12 bits per heavy atom. The number of para-hydroxylation sites is 1. The first kappa shape index (κ1) is 22.1. The summed E-state index contributed by atoms with van der Waals surface area (Å²) in [6, 6.07) is 13.4. The molecule has 0 aliphatic rings. The molecule has 8 heteroatoms. The normalized spacial score (nSPS) is 11.5. The van der Waals surface area contributed by atoms with Crippen molar-refractivity contribution in [2.24, 2.45) is 5.92 Å². The van der Waals surface area contributed by atoms with Crippen molar-refractivity contribution >= 4 is 34.3 Å². The number of fused-ring (bicyclic) bond motifs is 3. The third-order valence-corrected chi connectivity index (χ3v) is 6.29. The second-order valence-electron chi connectivity index (χ2n) is 8.39. The van der Waals surface area contributed by atoms with Crippen LogP contribution in [0.3, 0.4) is 0 Å². The van der Waals surface area contributed by atoms with E-state index in [1.165, 1.54) is 11.8 Å². The number of hydrogen-bond donors (Lipinski definition) is 1. The fraction of sp³-hybridized carbons (Fsp3) is 0.333. The summed E-state index contributed by atoms with van der Waals surface area (Å²) in [6.07, 6.45) is 0.942. The predicted molar refractivity (Wildman–Crippen MR) is 129 cm³/mol. The molecule has 0 fully saturated rings. The Labute approximate surface area is 190 Å². The van der Waals surface area contributed by atoms with Crippen LogP contribution in [0.4, 0.5) is 0 Å². The minimum Gasteiger partial charge on any atom is -0.355 e. The number of hydrogen-bond acceptors (Lipinski definition) is 5. The molecule has 0 aliphatic heterocycles. The SMILES string of the molecule is Cc1ccc(-n2c(=O)c3ccccc3n3c(SCC(=O)NCCC(C)C)nnc23)c(C)c1. The Kier molecular flexibility index (Phi) is 6.32. The van der Waals surface area contributed by atoms with Crippen LogP contribution in [0.2, 0.25) is 0 Å². The highest BCUT2D eigenvalue weighted by atomic mass is 32.2. The average molecular weight is 450 g/mol. The number of rotatable bonds is 7. The number of nitrogens with one attached hydrogen (secondary N) is 1. The molecule has 1 amide bonds. The highest BCUT2D eigenvalue weighted by Crippen LogP contribution is 2.24. The number of benzene rings is 2. The van der Waals surface area contributed by atoms with E-state index in [0.29, 0.717) is 28.8 Å². The van der Waals surface area contributed by atoms with E-state index in [4.69, 9.17) is 0 Å². The number of thioether (sulfide) groups is 1. The van der Waals surface area contributed by atoms with Gasteiger partial charge in [0.15, 0.2) is 5.16 Å². The molecule has 4 rings (SSSR count). The van der Waals surface area contributed by atoms with Gasteiger partial charge in [0.05, 0.1) is 22.3 Å². The van der Waals surface area contributed by atoms with Crippen molar-refractivity contribution in [2.45, 2.75) is 39.3 Å². The van der Waals surface area contributed by atoms with E-state index >= 15 is 0 Å². The third-order valence-electron chi connectivity index (χ3n) is 5.36. The Morgan fingerprint density at radius 3 is 2.66 bits per heavy atom. The summed E-state index contributed by atoms with van der Waals surface area (Å²) in [6.45, 7) is 8.92. The number of aryl methyl sites for hydroxylation is 2. The first-order valence-electron chi connectivity index (χ1n) is 10.7. The Bertz CT molecular complexity index is 1360. The van der Waals surface area contributed by atoms with Crippen LogP contribution < -0.4 is 10.9 Å². The van der Waals surface area contributed by atoms with E-state index in [1.54, 1.807) is 4.57 Å². The predicted octanol–water partition coefficient (Wildman–Crippen LogP) is 3.90. The molecule has 0 saturated heterocycles. The number of nitrogens with zero attached hydrogens (tertiary/aromatic N) is 4. The van der Waals surface area contributed by atoms with Crippen LogP contribution in [0.1, 0.15) is 31.4 Å². The van der Waals surface area contributed by atoms with Crippen molar-refractivity contribution in [3.8, 4) is 5.69 Å². The number of amides is 1. The molecular formula is C24H27N5O2S. The molecule has 0 atom stereocenters. The Balaban J connectivity index is 1.78. The van der Waals surface area contributed by atoms with E-state index in [-0.39, 0.29) is 17.2 Å². The maximum Gasteiger partial charge on any atom is 0.267 e. The zero-order chi connectivity index (χ0) is 22.8. The second kappa shape index (κ2) is 9.16. The zero-order valence-corrected chi connectivity index (χ0v) is 19.6. The van der Waals surface area contributed by atoms with Crippen molar-refractivity contribution in [3.63, 3.8) is 0 Å². The maximum absolute atomic E-state index is 13.4. The molecule has 0 saturated carbocycles. The van der Waals surface area contributed by atoms with Crippen LogP contribution in [-0.4, -0.2) is 37.4 Å². The minimum absolute atomic E-state index is 0.0422. The van der Waals surface area contributed by atoms with Gasteiger partial charge in [-0.15, -0.1) is 10.2 Å². The lowest BCUT2D eigenvalue weighted by Gasteiger charge is -2.13. The summed E-state index contributed by atoms with van der Waals surface area (Å²) in [5, 5.41) is 12.8. The molecule has 0 unspecified atom stereocenters. The Hall–Kier alpha value is -3.13. The van der Waals surface area contributed by atoms with Gasteiger partial charge in [-0.2, -0.15) is 0 Å². The van der Waals surface area contributed by atoms with E-state index in [0.717, 1.165) is 28.8 Å². The van der Waals surface area contributed by atoms with Crippen LogP contribution in [0, 0.1) is 19.8 Å². The summed E-state index contributed by atoms with van der Waals surface area (Å²) in [5.41, 5.74) is 3.45. The van der Waals surface area contributed by atoms with Crippen LogP contribution in [0.5, 0.6) is 0 Å². The topological polar surface area (TPSA) is 81.3 Å². The highest BCUT2D eigenvalue weighted by Gasteiger charge is 2.19. The molecule has 0 aliphatic carbocycles. The van der Waals surface area contributed by atoms with Gasteiger partial charge in [-0.05, 0) is 49.9 Å². The molecule has 0 spiro atoms. The van der Waals surface area contributed by atoms with Crippen molar-refractivity contribution in [3.05, 3.63) is 63.9 Å². The quantitative estimate of drug-likeness (QED) is 0.433. The Morgan fingerprint density at radius 2 is 1.91 bits per heavy atom. The molecule has 166 valence electrons. The fourth-order valence-electron chi connectivity index (χ4n) is 3.73. The monoisotopic (exact) mass is 449 g/mol. The highest BCUT2D eigenvalue weighted by molar-refractivity contribution is 7.99. The largest absolute Gasteiger partial charge is 0.355 e. The van der Waals surface area contributed by atoms with Crippen molar-refractivity contribution in [2.75, 3.05) is 12.3 Å². The molecule has 4 aromatic rings. The molecule has 1 N–H and O–H groups in total. The van der Waals surface area contributed by atoms with Crippen LogP contribution >= 0.6 is 11.8 Å². The lowest BCUT2D eigenvalue weighted by atomic mass is 10.1. The average Bonchev–Trinajstić information content (AvgIpc) is 3.17. The number of carbonyl (C=O) groups excluding carboxylic acids is 1. The van der Waals surface area contributed by atoms with Crippen LogP contribution in [-0.2, 0) is 4.79 Å². The molecule has 7 nitrogen and oxygen atoms in total. The van der Waals surface area contributed by atoms with Gasteiger partial charge >= 0.3 is 0 Å². The third kappa shape index (κ3) is 4.27. The first-order valence-corrected chi connectivity index (χ1v) is 11.7. The lowest BCUT2D eigenvalue weighted by molar-refractivity contribution is -0.118. The molecule has 0 radical (unpaired) electrons. The van der Waals surface area contributed by atoms with Gasteiger partial charge in [-0.1, -0.05) is 55.4 Å². The number of carbonyl (C=O) groups is 1. The van der Waals surface area contributed by atoms with E-state index in [9.17, 15) is 9.59 Å². The number of aromatic nitrogens is 4. The summed E-state index contributed by atoms with van der Waals surface area (Å²) in [5.74, 6) is 1.16. The standard InChI is InChI=1S/C24H27N5O2S/c1-15(2)11-12-25-21(30)14-32-24-27-26-23-28(19-10-9-16(3)13-17(19)4)22(31)18-7-5-6-8-20(18)29(23)24/h5-10,13,15H,11-12,14H2,1-4H3,(H,25,30). The van der Waals surface area contributed by atoms with Crippen molar-refractivity contribution in [1.82, 2.24) is 24.5 Å². The summed E-state index contributed by atoms with van der Waals surface area (Å²) >= 11 is 1.32. The van der Waals surface area contributed by atoms with E-state index in [2.05, 4.69) is 29.4 Å².